The highest BCUT2D eigenvalue weighted by Gasteiger charge is 2.00. The molecule has 0 saturated heterocycles. The summed E-state index contributed by atoms with van der Waals surface area (Å²) in [5.74, 6) is 0. The molecule has 3 nitrogen and oxygen atoms in total. The number of methoxy groups -OCH3 is 1. The zero-order chi connectivity index (χ0) is 13.4. The summed E-state index contributed by atoms with van der Waals surface area (Å²) in [5, 5.41) is 4.16. The summed E-state index contributed by atoms with van der Waals surface area (Å²) in [6.45, 7) is 4.54. The molecule has 0 aliphatic rings. The van der Waals surface area contributed by atoms with Crippen LogP contribution in [0, 0.1) is 0 Å². The van der Waals surface area contributed by atoms with Crippen molar-refractivity contribution in [1.82, 2.24) is 10.2 Å². The highest BCUT2D eigenvalue weighted by molar-refractivity contribution is 9.10. The molecule has 0 saturated carbocycles. The first kappa shape index (κ1) is 15.9. The topological polar surface area (TPSA) is 24.5 Å². The molecular weight excluding hydrogens is 316 g/mol. The van der Waals surface area contributed by atoms with Crippen LogP contribution < -0.4 is 5.32 Å². The van der Waals surface area contributed by atoms with Gasteiger partial charge in [-0.05, 0) is 40.7 Å². The molecule has 0 fully saturated rings. The van der Waals surface area contributed by atoms with E-state index in [9.17, 15) is 0 Å². The van der Waals surface area contributed by atoms with Gasteiger partial charge in [0.1, 0.15) is 0 Å². The molecule has 0 aliphatic carbocycles. The molecule has 0 amide bonds. The fourth-order valence-electron chi connectivity index (χ4n) is 1.51. The highest BCUT2D eigenvalue weighted by atomic mass is 79.9. The molecule has 1 aromatic rings. The zero-order valence-electron chi connectivity index (χ0n) is 10.9. The number of hydrogen-bond acceptors (Lipinski definition) is 3. The van der Waals surface area contributed by atoms with Gasteiger partial charge in [-0.2, -0.15) is 0 Å². The third kappa shape index (κ3) is 6.16. The molecule has 0 aliphatic heterocycles. The van der Waals surface area contributed by atoms with Crippen molar-refractivity contribution in [3.63, 3.8) is 0 Å². The van der Waals surface area contributed by atoms with E-state index in [1.165, 1.54) is 5.56 Å². The Kier molecular flexibility index (Phi) is 7.86. The lowest BCUT2D eigenvalue weighted by atomic mass is 10.2. The normalized spacial score (nSPS) is 11.2. The van der Waals surface area contributed by atoms with Crippen molar-refractivity contribution in [2.24, 2.45) is 0 Å². The summed E-state index contributed by atoms with van der Waals surface area (Å²) < 4.78 is 5.97. The van der Waals surface area contributed by atoms with Gasteiger partial charge < -0.3 is 15.0 Å². The van der Waals surface area contributed by atoms with Crippen molar-refractivity contribution < 1.29 is 4.74 Å². The Balaban J connectivity index is 2.19. The Morgan fingerprint density at radius 3 is 2.83 bits per heavy atom. The van der Waals surface area contributed by atoms with Gasteiger partial charge in [-0.25, -0.2) is 0 Å². The Morgan fingerprint density at radius 2 is 2.17 bits per heavy atom. The second-order valence-corrected chi connectivity index (χ2v) is 5.48. The lowest BCUT2D eigenvalue weighted by Gasteiger charge is -2.16. The van der Waals surface area contributed by atoms with E-state index in [0.29, 0.717) is 0 Å². The maximum Gasteiger partial charge on any atom is 0.0589 e. The minimum Gasteiger partial charge on any atom is -0.383 e. The van der Waals surface area contributed by atoms with Crippen LogP contribution in [0.25, 0.3) is 0 Å². The quantitative estimate of drug-likeness (QED) is 0.739. The number of rotatable bonds is 8. The molecule has 0 unspecified atom stereocenters. The molecule has 1 N–H and O–H groups in total. The first-order chi connectivity index (χ1) is 8.63. The Labute approximate surface area is 123 Å². The molecule has 0 spiro atoms. The van der Waals surface area contributed by atoms with Crippen molar-refractivity contribution in [3.8, 4) is 0 Å². The maximum atomic E-state index is 6.04. The average molecular weight is 336 g/mol. The lowest BCUT2D eigenvalue weighted by molar-refractivity contribution is 0.161. The lowest BCUT2D eigenvalue weighted by Crippen LogP contribution is -2.31. The van der Waals surface area contributed by atoms with Crippen molar-refractivity contribution >= 4 is 27.5 Å². The largest absolute Gasteiger partial charge is 0.383 e. The van der Waals surface area contributed by atoms with E-state index in [2.05, 4.69) is 39.3 Å². The van der Waals surface area contributed by atoms with E-state index in [0.717, 1.165) is 42.3 Å². The van der Waals surface area contributed by atoms with Crippen LogP contribution in [-0.4, -0.2) is 45.3 Å². The SMILES string of the molecule is COCCN(C)CCNCc1ccc(Br)c(Cl)c1. The first-order valence-electron chi connectivity index (χ1n) is 5.95. The van der Waals surface area contributed by atoms with E-state index >= 15 is 0 Å². The Bertz CT molecular complexity index is 363. The predicted molar refractivity (Wildman–Crippen MR) is 80.2 cm³/mol. The molecule has 0 bridgehead atoms. The van der Waals surface area contributed by atoms with Crippen LogP contribution in [0.4, 0.5) is 0 Å². The van der Waals surface area contributed by atoms with E-state index in [1.54, 1.807) is 7.11 Å². The van der Waals surface area contributed by atoms with Crippen LogP contribution in [-0.2, 0) is 11.3 Å². The number of benzene rings is 1. The number of halogens is 2. The summed E-state index contributed by atoms with van der Waals surface area (Å²) in [6.07, 6.45) is 0. The van der Waals surface area contributed by atoms with Crippen LogP contribution in [0.3, 0.4) is 0 Å². The van der Waals surface area contributed by atoms with Crippen LogP contribution >= 0.6 is 27.5 Å². The van der Waals surface area contributed by atoms with E-state index in [1.807, 2.05) is 12.1 Å². The summed E-state index contributed by atoms with van der Waals surface area (Å²) in [5.41, 5.74) is 1.20. The second-order valence-electron chi connectivity index (χ2n) is 4.22. The molecule has 0 heterocycles. The van der Waals surface area contributed by atoms with Gasteiger partial charge >= 0.3 is 0 Å². The van der Waals surface area contributed by atoms with Crippen molar-refractivity contribution in [2.75, 3.05) is 40.4 Å². The van der Waals surface area contributed by atoms with E-state index in [4.69, 9.17) is 16.3 Å². The minimum absolute atomic E-state index is 0.756. The van der Waals surface area contributed by atoms with Crippen molar-refractivity contribution in [3.05, 3.63) is 33.3 Å². The molecule has 5 heteroatoms. The highest BCUT2D eigenvalue weighted by Crippen LogP contribution is 2.22. The van der Waals surface area contributed by atoms with Gasteiger partial charge in [-0.1, -0.05) is 17.7 Å². The van der Waals surface area contributed by atoms with Gasteiger partial charge in [0.05, 0.1) is 11.6 Å². The van der Waals surface area contributed by atoms with Gasteiger partial charge in [0.25, 0.3) is 0 Å². The maximum absolute atomic E-state index is 6.04. The van der Waals surface area contributed by atoms with Crippen LogP contribution in [0.1, 0.15) is 5.56 Å². The van der Waals surface area contributed by atoms with Crippen LogP contribution in [0.15, 0.2) is 22.7 Å². The summed E-state index contributed by atoms with van der Waals surface area (Å²) in [4.78, 5) is 2.24. The molecule has 1 aromatic carbocycles. The molecular formula is C13H20BrClN2O. The zero-order valence-corrected chi connectivity index (χ0v) is 13.2. The van der Waals surface area contributed by atoms with Gasteiger partial charge in [0, 0.05) is 37.8 Å². The molecule has 0 atom stereocenters. The fourth-order valence-corrected chi connectivity index (χ4v) is 1.96. The van der Waals surface area contributed by atoms with Gasteiger partial charge in [-0.3, -0.25) is 0 Å². The minimum atomic E-state index is 0.756. The standard InChI is InChI=1S/C13H20BrClN2O/c1-17(7-8-18-2)6-5-16-10-11-3-4-12(14)13(15)9-11/h3-4,9,16H,5-8,10H2,1-2H3. The van der Waals surface area contributed by atoms with E-state index in [-0.39, 0.29) is 0 Å². The molecule has 102 valence electrons. The number of nitrogens with zero attached hydrogens (tertiary/aromatic N) is 1. The third-order valence-corrected chi connectivity index (χ3v) is 3.89. The average Bonchev–Trinajstić information content (AvgIpc) is 2.36. The molecule has 18 heavy (non-hydrogen) atoms. The molecule has 0 aromatic heterocycles. The second kappa shape index (κ2) is 8.88. The Hall–Kier alpha value is -0.130. The van der Waals surface area contributed by atoms with Gasteiger partial charge in [0.15, 0.2) is 0 Å². The third-order valence-electron chi connectivity index (χ3n) is 2.66. The monoisotopic (exact) mass is 334 g/mol. The smallest absolute Gasteiger partial charge is 0.0589 e. The van der Waals surface area contributed by atoms with Crippen LogP contribution in [0.2, 0.25) is 5.02 Å². The summed E-state index contributed by atoms with van der Waals surface area (Å²) >= 11 is 9.42. The number of hydrogen-bond donors (Lipinski definition) is 1. The predicted octanol–water partition coefficient (Wildman–Crippen LogP) is 2.77. The molecule has 1 rings (SSSR count). The van der Waals surface area contributed by atoms with Crippen LogP contribution in [0.5, 0.6) is 0 Å². The van der Waals surface area contributed by atoms with Gasteiger partial charge in [0.2, 0.25) is 0 Å². The van der Waals surface area contributed by atoms with Crippen molar-refractivity contribution in [1.29, 1.82) is 0 Å². The number of ether oxygens (including phenoxy) is 1. The summed E-state index contributed by atoms with van der Waals surface area (Å²) in [6, 6.07) is 6.02. The molecule has 0 radical (unpaired) electrons. The fraction of sp³-hybridized carbons (Fsp3) is 0.538. The number of likely N-dealkylation sites (N-methyl/N-ethyl adjacent to an activating group) is 1. The van der Waals surface area contributed by atoms with Crippen molar-refractivity contribution in [2.45, 2.75) is 6.54 Å². The summed E-state index contributed by atoms with van der Waals surface area (Å²) in [7, 11) is 3.82. The van der Waals surface area contributed by atoms with Gasteiger partial charge in [-0.15, -0.1) is 0 Å². The Morgan fingerprint density at radius 1 is 1.39 bits per heavy atom. The number of nitrogens with one attached hydrogen (secondary N) is 1. The first-order valence-corrected chi connectivity index (χ1v) is 7.12. The van der Waals surface area contributed by atoms with E-state index < -0.39 is 0 Å².